The molecule has 0 unspecified atom stereocenters. The Bertz CT molecular complexity index is 380. The fourth-order valence-electron chi connectivity index (χ4n) is 0.897. The number of hydrogen-bond acceptors (Lipinski definition) is 4. The van der Waals surface area contributed by atoms with E-state index in [9.17, 15) is 12.9 Å². The van der Waals surface area contributed by atoms with Crippen molar-refractivity contribution in [2.24, 2.45) is 0 Å². The van der Waals surface area contributed by atoms with Crippen LogP contribution in [-0.2, 0) is 14.5 Å². The van der Waals surface area contributed by atoms with Crippen LogP contribution in [0.3, 0.4) is 0 Å². The SMILES string of the molecule is CCCCS(=O)(=O)OF.Cc1ccc(S)cc1. The number of halogens is 1. The average molecular weight is 280 g/mol. The highest BCUT2D eigenvalue weighted by atomic mass is 32.2. The van der Waals surface area contributed by atoms with Gasteiger partial charge in [0, 0.05) is 4.90 Å². The molecule has 0 aliphatic heterocycles. The highest BCUT2D eigenvalue weighted by Crippen LogP contribution is 2.05. The van der Waals surface area contributed by atoms with E-state index in [-0.39, 0.29) is 5.75 Å². The minimum Gasteiger partial charge on any atom is -0.197 e. The molecule has 1 aromatic carbocycles. The van der Waals surface area contributed by atoms with Gasteiger partial charge < -0.3 is 0 Å². The maximum Gasteiger partial charge on any atom is 0.297 e. The minimum absolute atomic E-state index is 0.236. The quantitative estimate of drug-likeness (QED) is 0.861. The van der Waals surface area contributed by atoms with Gasteiger partial charge in [0.1, 0.15) is 0 Å². The zero-order valence-electron chi connectivity index (χ0n) is 9.89. The number of benzene rings is 1. The fourth-order valence-corrected chi connectivity index (χ4v) is 1.75. The van der Waals surface area contributed by atoms with Crippen LogP contribution in [0, 0.1) is 6.92 Å². The van der Waals surface area contributed by atoms with Crippen LogP contribution in [0.25, 0.3) is 0 Å². The van der Waals surface area contributed by atoms with Gasteiger partial charge in [-0.05, 0) is 30.0 Å². The summed E-state index contributed by atoms with van der Waals surface area (Å²) in [6.07, 6.45) is 1.15. The lowest BCUT2D eigenvalue weighted by Crippen LogP contribution is -2.04. The number of rotatable bonds is 4. The third-order valence-electron chi connectivity index (χ3n) is 1.88. The van der Waals surface area contributed by atoms with Crippen molar-refractivity contribution in [3.05, 3.63) is 29.8 Å². The van der Waals surface area contributed by atoms with E-state index in [1.165, 1.54) is 5.56 Å². The summed E-state index contributed by atoms with van der Waals surface area (Å²) >= 11 is 4.13. The zero-order chi connectivity index (χ0) is 13.3. The van der Waals surface area contributed by atoms with E-state index in [0.717, 1.165) is 4.90 Å². The van der Waals surface area contributed by atoms with Crippen LogP contribution in [0.4, 0.5) is 4.53 Å². The number of hydrogen-bond donors (Lipinski definition) is 1. The molecule has 0 radical (unpaired) electrons. The minimum atomic E-state index is -3.85. The van der Waals surface area contributed by atoms with E-state index in [2.05, 4.69) is 23.9 Å². The molecular weight excluding hydrogens is 263 g/mol. The Labute approximate surface area is 107 Å². The fraction of sp³-hybridized carbons (Fsp3) is 0.455. The summed E-state index contributed by atoms with van der Waals surface area (Å²) in [4.78, 5) is 1.02. The Balaban J connectivity index is 0.000000302. The van der Waals surface area contributed by atoms with Gasteiger partial charge in [0.25, 0.3) is 10.1 Å². The lowest BCUT2D eigenvalue weighted by molar-refractivity contribution is 0.00290. The molecule has 98 valence electrons. The molecule has 0 aliphatic rings. The summed E-state index contributed by atoms with van der Waals surface area (Å²) in [5.41, 5.74) is 1.28. The molecule has 0 amide bonds. The standard InChI is InChI=1S/C7H8S.C4H9FO3S/c1-6-2-4-7(8)5-3-6;1-2-3-4-9(6,7)8-5/h2-5,8H,1H3;2-4H2,1H3. The van der Waals surface area contributed by atoms with Gasteiger partial charge in [-0.15, -0.1) is 12.6 Å². The van der Waals surface area contributed by atoms with Gasteiger partial charge in [0.2, 0.25) is 0 Å². The lowest BCUT2D eigenvalue weighted by Gasteiger charge is -1.92. The van der Waals surface area contributed by atoms with E-state index in [4.69, 9.17) is 0 Å². The van der Waals surface area contributed by atoms with Crippen LogP contribution in [0.1, 0.15) is 25.3 Å². The molecule has 0 bridgehead atoms. The maximum atomic E-state index is 11.0. The van der Waals surface area contributed by atoms with Crippen molar-refractivity contribution in [3.8, 4) is 0 Å². The second-order valence-corrected chi connectivity index (χ2v) is 5.68. The van der Waals surface area contributed by atoms with Gasteiger partial charge in [-0.3, -0.25) is 0 Å². The first kappa shape index (κ1) is 16.4. The Morgan fingerprint density at radius 1 is 1.29 bits per heavy atom. The molecule has 3 nitrogen and oxygen atoms in total. The monoisotopic (exact) mass is 280 g/mol. The number of aryl methyl sites for hydroxylation is 1. The molecule has 1 rings (SSSR count). The molecular formula is C11H17FO3S2. The van der Waals surface area contributed by atoms with Gasteiger partial charge in [-0.2, -0.15) is 8.42 Å². The smallest absolute Gasteiger partial charge is 0.197 e. The van der Waals surface area contributed by atoms with Gasteiger partial charge in [-0.25, -0.2) is 0 Å². The van der Waals surface area contributed by atoms with Crippen molar-refractivity contribution in [2.75, 3.05) is 5.75 Å². The number of unbranched alkanes of at least 4 members (excludes halogenated alkanes) is 1. The first-order chi connectivity index (χ1) is 7.91. The molecule has 0 N–H and O–H groups in total. The van der Waals surface area contributed by atoms with Crippen molar-refractivity contribution in [2.45, 2.75) is 31.6 Å². The van der Waals surface area contributed by atoms with E-state index in [0.29, 0.717) is 12.8 Å². The topological polar surface area (TPSA) is 43.4 Å². The van der Waals surface area contributed by atoms with Crippen LogP contribution in [0.15, 0.2) is 29.2 Å². The Kier molecular flexibility index (Phi) is 8.20. The summed E-state index contributed by atoms with van der Waals surface area (Å²) in [5.74, 6) is -0.236. The molecule has 0 fully saturated rings. The summed E-state index contributed by atoms with van der Waals surface area (Å²) in [6.45, 7) is 3.88. The third-order valence-corrected chi connectivity index (χ3v) is 3.16. The molecule has 17 heavy (non-hydrogen) atoms. The zero-order valence-corrected chi connectivity index (χ0v) is 11.6. The van der Waals surface area contributed by atoms with E-state index >= 15 is 0 Å². The molecule has 0 aromatic heterocycles. The molecule has 6 heteroatoms. The molecule has 0 spiro atoms. The Morgan fingerprint density at radius 3 is 2.18 bits per heavy atom. The predicted molar refractivity (Wildman–Crippen MR) is 69.3 cm³/mol. The molecule has 0 saturated heterocycles. The van der Waals surface area contributed by atoms with Gasteiger partial charge in [0.05, 0.1) is 5.75 Å². The Morgan fingerprint density at radius 2 is 1.82 bits per heavy atom. The molecule has 1 aromatic rings. The van der Waals surface area contributed by atoms with Crippen LogP contribution >= 0.6 is 12.6 Å². The van der Waals surface area contributed by atoms with Crippen molar-refractivity contribution >= 4 is 22.7 Å². The third kappa shape index (κ3) is 9.14. The van der Waals surface area contributed by atoms with Crippen molar-refractivity contribution in [1.82, 2.24) is 0 Å². The first-order valence-electron chi connectivity index (χ1n) is 5.20. The first-order valence-corrected chi connectivity index (χ1v) is 7.22. The summed E-state index contributed by atoms with van der Waals surface area (Å²) in [7, 11) is -3.85. The highest BCUT2D eigenvalue weighted by molar-refractivity contribution is 7.86. The van der Waals surface area contributed by atoms with Crippen molar-refractivity contribution in [1.29, 1.82) is 0 Å². The van der Waals surface area contributed by atoms with Crippen molar-refractivity contribution < 1.29 is 17.3 Å². The summed E-state index contributed by atoms with van der Waals surface area (Å²) in [6, 6.07) is 8.06. The normalized spacial score (nSPS) is 10.6. The van der Waals surface area contributed by atoms with E-state index in [1.807, 2.05) is 31.2 Å². The second-order valence-electron chi connectivity index (χ2n) is 3.51. The van der Waals surface area contributed by atoms with Gasteiger partial charge >= 0.3 is 0 Å². The molecule has 0 atom stereocenters. The highest BCUT2D eigenvalue weighted by Gasteiger charge is 2.08. The largest absolute Gasteiger partial charge is 0.297 e. The molecule has 0 heterocycles. The average Bonchev–Trinajstić information content (AvgIpc) is 2.31. The van der Waals surface area contributed by atoms with Gasteiger partial charge in [0.15, 0.2) is 0 Å². The Hall–Kier alpha value is -0.590. The molecule has 0 aliphatic carbocycles. The van der Waals surface area contributed by atoms with Crippen LogP contribution in [0.2, 0.25) is 0 Å². The summed E-state index contributed by atoms with van der Waals surface area (Å²) in [5, 5.41) is 0. The lowest BCUT2D eigenvalue weighted by atomic mass is 10.2. The maximum absolute atomic E-state index is 11.0. The number of thiol groups is 1. The van der Waals surface area contributed by atoms with Crippen molar-refractivity contribution in [3.63, 3.8) is 0 Å². The van der Waals surface area contributed by atoms with Gasteiger partial charge in [-0.1, -0.05) is 35.4 Å². The second kappa shape index (κ2) is 8.49. The molecule has 0 saturated carbocycles. The van der Waals surface area contributed by atoms with E-state index in [1.54, 1.807) is 0 Å². The predicted octanol–water partition coefficient (Wildman–Crippen LogP) is 3.30. The van der Waals surface area contributed by atoms with Crippen LogP contribution in [0.5, 0.6) is 0 Å². The van der Waals surface area contributed by atoms with Crippen LogP contribution < -0.4 is 0 Å². The van der Waals surface area contributed by atoms with Crippen LogP contribution in [-0.4, -0.2) is 14.2 Å². The van der Waals surface area contributed by atoms with E-state index < -0.39 is 10.1 Å². The summed E-state index contributed by atoms with van der Waals surface area (Å²) < 4.78 is 34.0.